The molecule has 0 saturated carbocycles. The number of rotatable bonds is 5. The molecule has 27 heavy (non-hydrogen) atoms. The third kappa shape index (κ3) is 3.95. The Hall–Kier alpha value is -2.09. The number of anilines is 1. The molecule has 3 heterocycles. The number of hydrogen-bond donors (Lipinski definition) is 0. The van der Waals surface area contributed by atoms with Crippen LogP contribution in [-0.4, -0.2) is 64.0 Å². The zero-order valence-electron chi connectivity index (χ0n) is 15.0. The molecule has 2 aromatic heterocycles. The topological polar surface area (TPSA) is 59.3 Å². The van der Waals surface area contributed by atoms with E-state index in [1.54, 1.807) is 29.2 Å². The summed E-state index contributed by atoms with van der Waals surface area (Å²) in [6.45, 7) is 5.14. The summed E-state index contributed by atoms with van der Waals surface area (Å²) in [6.07, 6.45) is 3.44. The molecule has 0 unspecified atom stereocenters. The second-order valence-electron chi connectivity index (χ2n) is 6.45. The van der Waals surface area contributed by atoms with E-state index in [0.717, 1.165) is 49.6 Å². The van der Waals surface area contributed by atoms with Crippen molar-refractivity contribution < 1.29 is 4.74 Å². The van der Waals surface area contributed by atoms with Crippen molar-refractivity contribution >= 4 is 40.1 Å². The van der Waals surface area contributed by atoms with Gasteiger partial charge in [-0.3, -0.25) is 9.58 Å². The minimum absolute atomic E-state index is 0.538. The molecule has 1 saturated heterocycles. The molecule has 0 N–H and O–H groups in total. The van der Waals surface area contributed by atoms with Gasteiger partial charge in [-0.25, -0.2) is 9.97 Å². The molecule has 142 valence electrons. The summed E-state index contributed by atoms with van der Waals surface area (Å²) in [5.74, 6) is 1.62. The Morgan fingerprint density at radius 3 is 2.70 bits per heavy atom. The van der Waals surface area contributed by atoms with Gasteiger partial charge in [-0.1, -0.05) is 23.2 Å². The Kier molecular flexibility index (Phi) is 5.33. The van der Waals surface area contributed by atoms with E-state index in [4.69, 9.17) is 27.9 Å². The predicted molar refractivity (Wildman–Crippen MR) is 107 cm³/mol. The van der Waals surface area contributed by atoms with Gasteiger partial charge in [0, 0.05) is 44.8 Å². The molecule has 1 aromatic carbocycles. The van der Waals surface area contributed by atoms with Crippen LogP contribution < -0.4 is 9.64 Å². The Morgan fingerprint density at radius 1 is 1.11 bits per heavy atom. The van der Waals surface area contributed by atoms with Crippen molar-refractivity contribution in [2.75, 3.05) is 44.2 Å². The summed E-state index contributed by atoms with van der Waals surface area (Å²) >= 11 is 12.0. The second kappa shape index (κ2) is 7.88. The predicted octanol–water partition coefficient (Wildman–Crippen LogP) is 2.87. The normalized spacial score (nSPS) is 15.4. The van der Waals surface area contributed by atoms with E-state index in [1.807, 2.05) is 13.2 Å². The Labute approximate surface area is 167 Å². The van der Waals surface area contributed by atoms with Crippen LogP contribution in [0.3, 0.4) is 0 Å². The third-order valence-electron chi connectivity index (χ3n) is 4.74. The maximum absolute atomic E-state index is 6.14. The SMILES string of the molecule is Cn1ncc2c(N3CCN(CCOc4ccc(Cl)cc4Cl)CC3)ncnc21. The smallest absolute Gasteiger partial charge is 0.163 e. The van der Waals surface area contributed by atoms with Gasteiger partial charge in [-0.15, -0.1) is 0 Å². The number of hydrogen-bond acceptors (Lipinski definition) is 6. The molecule has 9 heteroatoms. The molecule has 0 aliphatic carbocycles. The van der Waals surface area contributed by atoms with Gasteiger partial charge >= 0.3 is 0 Å². The summed E-state index contributed by atoms with van der Waals surface area (Å²) < 4.78 is 7.56. The van der Waals surface area contributed by atoms with Crippen molar-refractivity contribution in [1.82, 2.24) is 24.6 Å². The summed E-state index contributed by atoms with van der Waals surface area (Å²) in [6, 6.07) is 5.28. The Balaban J connectivity index is 1.31. The highest BCUT2D eigenvalue weighted by Crippen LogP contribution is 2.27. The van der Waals surface area contributed by atoms with E-state index >= 15 is 0 Å². The minimum atomic E-state index is 0.538. The lowest BCUT2D eigenvalue weighted by molar-refractivity contribution is 0.200. The molecule has 4 rings (SSSR count). The van der Waals surface area contributed by atoms with Gasteiger partial charge in [-0.05, 0) is 18.2 Å². The second-order valence-corrected chi connectivity index (χ2v) is 7.30. The van der Waals surface area contributed by atoms with Crippen molar-refractivity contribution in [1.29, 1.82) is 0 Å². The lowest BCUT2D eigenvalue weighted by Gasteiger charge is -2.35. The first-order valence-electron chi connectivity index (χ1n) is 8.79. The molecular formula is C18H20Cl2N6O. The van der Waals surface area contributed by atoms with Crippen molar-refractivity contribution in [2.45, 2.75) is 0 Å². The van der Waals surface area contributed by atoms with Gasteiger partial charge < -0.3 is 9.64 Å². The fraction of sp³-hybridized carbons (Fsp3) is 0.389. The van der Waals surface area contributed by atoms with E-state index in [1.165, 1.54) is 0 Å². The summed E-state index contributed by atoms with van der Waals surface area (Å²) in [7, 11) is 1.89. The van der Waals surface area contributed by atoms with Crippen molar-refractivity contribution in [3.8, 4) is 5.75 Å². The summed E-state index contributed by atoms with van der Waals surface area (Å²) in [4.78, 5) is 13.5. The maximum atomic E-state index is 6.14. The monoisotopic (exact) mass is 406 g/mol. The van der Waals surface area contributed by atoms with E-state index in [9.17, 15) is 0 Å². The highest BCUT2D eigenvalue weighted by Gasteiger charge is 2.21. The van der Waals surface area contributed by atoms with Crippen molar-refractivity contribution in [3.63, 3.8) is 0 Å². The number of piperazine rings is 1. The first-order valence-corrected chi connectivity index (χ1v) is 9.55. The molecular weight excluding hydrogens is 387 g/mol. The number of ether oxygens (including phenoxy) is 1. The number of aromatic nitrogens is 4. The third-order valence-corrected chi connectivity index (χ3v) is 5.27. The number of halogens is 2. The van der Waals surface area contributed by atoms with Gasteiger partial charge in [0.1, 0.15) is 24.5 Å². The first kappa shape index (κ1) is 18.3. The van der Waals surface area contributed by atoms with E-state index < -0.39 is 0 Å². The molecule has 1 fully saturated rings. The zero-order chi connectivity index (χ0) is 18.8. The number of aryl methyl sites for hydroxylation is 1. The highest BCUT2D eigenvalue weighted by atomic mass is 35.5. The molecule has 0 spiro atoms. The molecule has 0 amide bonds. The lowest BCUT2D eigenvalue weighted by atomic mass is 10.3. The average Bonchev–Trinajstić information content (AvgIpc) is 3.05. The summed E-state index contributed by atoms with van der Waals surface area (Å²) in [5.41, 5.74) is 0.857. The molecule has 0 atom stereocenters. The standard InChI is InChI=1S/C18H20Cl2N6O/c1-24-17-14(11-23-24)18(22-12-21-17)26-6-4-25(5-7-26)8-9-27-16-3-2-13(19)10-15(16)20/h2-3,10-12H,4-9H2,1H3. The van der Waals surface area contributed by atoms with Crippen molar-refractivity contribution in [2.24, 2.45) is 7.05 Å². The van der Waals surface area contributed by atoms with Crippen LogP contribution in [0.25, 0.3) is 11.0 Å². The number of nitrogens with zero attached hydrogens (tertiary/aromatic N) is 6. The highest BCUT2D eigenvalue weighted by molar-refractivity contribution is 6.35. The molecule has 7 nitrogen and oxygen atoms in total. The van der Waals surface area contributed by atoms with Gasteiger partial charge in [0.25, 0.3) is 0 Å². The van der Waals surface area contributed by atoms with Gasteiger partial charge in [0.15, 0.2) is 5.65 Å². The molecule has 0 radical (unpaired) electrons. The van der Waals surface area contributed by atoms with Crippen LogP contribution in [0.15, 0.2) is 30.7 Å². The molecule has 0 bridgehead atoms. The van der Waals surface area contributed by atoms with Crippen LogP contribution in [-0.2, 0) is 7.05 Å². The van der Waals surface area contributed by atoms with Crippen molar-refractivity contribution in [3.05, 3.63) is 40.8 Å². The van der Waals surface area contributed by atoms with Crippen LogP contribution in [0.4, 0.5) is 5.82 Å². The average molecular weight is 407 g/mol. The number of benzene rings is 1. The maximum Gasteiger partial charge on any atom is 0.163 e. The number of fused-ring (bicyclic) bond motifs is 1. The van der Waals surface area contributed by atoms with Crippen LogP contribution >= 0.6 is 23.2 Å². The van der Waals surface area contributed by atoms with E-state index in [-0.39, 0.29) is 0 Å². The van der Waals surface area contributed by atoms with E-state index in [2.05, 4.69) is 24.9 Å². The fourth-order valence-electron chi connectivity index (χ4n) is 3.26. The largest absolute Gasteiger partial charge is 0.491 e. The van der Waals surface area contributed by atoms with Crippen LogP contribution in [0.1, 0.15) is 0 Å². The molecule has 3 aromatic rings. The quantitative estimate of drug-likeness (QED) is 0.649. The first-order chi connectivity index (χ1) is 13.1. The fourth-order valence-corrected chi connectivity index (χ4v) is 3.72. The lowest BCUT2D eigenvalue weighted by Crippen LogP contribution is -2.47. The Morgan fingerprint density at radius 2 is 1.93 bits per heavy atom. The molecule has 1 aliphatic rings. The van der Waals surface area contributed by atoms with Crippen LogP contribution in [0.5, 0.6) is 5.75 Å². The summed E-state index contributed by atoms with van der Waals surface area (Å²) in [5, 5.41) is 6.43. The molecule has 1 aliphatic heterocycles. The van der Waals surface area contributed by atoms with Crippen LogP contribution in [0.2, 0.25) is 10.0 Å². The van der Waals surface area contributed by atoms with Crippen LogP contribution in [0, 0.1) is 0 Å². The minimum Gasteiger partial charge on any atom is -0.491 e. The zero-order valence-corrected chi connectivity index (χ0v) is 16.5. The van der Waals surface area contributed by atoms with Gasteiger partial charge in [-0.2, -0.15) is 5.10 Å². The van der Waals surface area contributed by atoms with Gasteiger partial charge in [0.2, 0.25) is 0 Å². The van der Waals surface area contributed by atoms with E-state index in [0.29, 0.717) is 22.4 Å². The van der Waals surface area contributed by atoms with Gasteiger partial charge in [0.05, 0.1) is 16.6 Å². The Bertz CT molecular complexity index is 939.